The number of nitrogens with one attached hydrogen (secondary N) is 2. The molecule has 0 amide bonds. The molecule has 0 radical (unpaired) electrons. The van der Waals surface area contributed by atoms with E-state index in [0.29, 0.717) is 17.8 Å². The highest BCUT2D eigenvalue weighted by molar-refractivity contribution is 5.94. The highest BCUT2D eigenvalue weighted by atomic mass is 16.4. The van der Waals surface area contributed by atoms with Crippen LogP contribution >= 0.6 is 0 Å². The van der Waals surface area contributed by atoms with Crippen molar-refractivity contribution >= 4 is 23.3 Å². The number of rotatable bonds is 17. The third-order valence-corrected chi connectivity index (χ3v) is 7.63. The van der Waals surface area contributed by atoms with Crippen LogP contribution in [0.5, 0.6) is 0 Å². The van der Waals surface area contributed by atoms with Crippen LogP contribution in [0.25, 0.3) is 0 Å². The Morgan fingerprint density at radius 2 is 1.38 bits per heavy atom. The van der Waals surface area contributed by atoms with Gasteiger partial charge in [0, 0.05) is 11.4 Å². The van der Waals surface area contributed by atoms with Crippen LogP contribution in [0, 0.1) is 12.3 Å². The van der Waals surface area contributed by atoms with E-state index in [1.54, 1.807) is 6.08 Å². The van der Waals surface area contributed by atoms with Gasteiger partial charge in [-0.2, -0.15) is 0 Å². The molecule has 0 fully saturated rings. The van der Waals surface area contributed by atoms with Gasteiger partial charge in [0.15, 0.2) is 0 Å². The van der Waals surface area contributed by atoms with Crippen molar-refractivity contribution < 1.29 is 19.8 Å². The molecule has 6 heteroatoms. The number of benzene rings is 2. The maximum Gasteiger partial charge on any atom is 0.337 e. The van der Waals surface area contributed by atoms with Gasteiger partial charge in [-0.05, 0) is 43.7 Å². The van der Waals surface area contributed by atoms with Crippen LogP contribution in [-0.2, 0) is 9.59 Å². The Hall–Kier alpha value is -3.54. The number of hydrogen-bond acceptors (Lipinski definition) is 4. The van der Waals surface area contributed by atoms with Crippen LogP contribution in [-0.4, -0.2) is 28.2 Å². The molecule has 0 saturated carbocycles. The summed E-state index contributed by atoms with van der Waals surface area (Å²) in [6.07, 6.45) is 15.1. The van der Waals surface area contributed by atoms with Gasteiger partial charge in [0.1, 0.15) is 5.41 Å². The summed E-state index contributed by atoms with van der Waals surface area (Å²) in [7, 11) is 0. The SMILES string of the molecule is CCCCCCCCCCCCC1(C(=O)O)C=CC(C(=O)O)=C(Nc2ccccc2)C1Nc1ccc(C)cc1. The number of unbranched alkanes of at least 4 members (excludes halogenated alkanes) is 9. The van der Waals surface area contributed by atoms with Crippen LogP contribution in [0.4, 0.5) is 11.4 Å². The first-order valence-corrected chi connectivity index (χ1v) is 14.4. The summed E-state index contributed by atoms with van der Waals surface area (Å²) in [5.41, 5.74) is 1.64. The summed E-state index contributed by atoms with van der Waals surface area (Å²) in [5, 5.41) is 27.4. The van der Waals surface area contributed by atoms with E-state index in [1.807, 2.05) is 61.5 Å². The molecule has 1 aliphatic rings. The molecule has 2 aromatic rings. The molecule has 0 bridgehead atoms. The molecular formula is C33H44N2O4. The summed E-state index contributed by atoms with van der Waals surface area (Å²) in [5.74, 6) is -2.06. The lowest BCUT2D eigenvalue weighted by atomic mass is 9.70. The fourth-order valence-corrected chi connectivity index (χ4v) is 5.29. The highest BCUT2D eigenvalue weighted by Gasteiger charge is 2.48. The number of hydrogen-bond donors (Lipinski definition) is 4. The maximum atomic E-state index is 13.0. The number of aryl methyl sites for hydroxylation is 1. The second-order valence-electron chi connectivity index (χ2n) is 10.7. The minimum Gasteiger partial charge on any atom is -0.481 e. The molecule has 2 aromatic carbocycles. The second-order valence-corrected chi connectivity index (χ2v) is 10.7. The molecule has 6 nitrogen and oxygen atoms in total. The van der Waals surface area contributed by atoms with Gasteiger partial charge >= 0.3 is 11.9 Å². The lowest BCUT2D eigenvalue weighted by molar-refractivity contribution is -0.147. The minimum absolute atomic E-state index is 0.0587. The average molecular weight is 533 g/mol. The Morgan fingerprint density at radius 3 is 1.95 bits per heavy atom. The highest BCUT2D eigenvalue weighted by Crippen LogP contribution is 2.42. The first-order chi connectivity index (χ1) is 18.9. The van der Waals surface area contributed by atoms with Gasteiger partial charge in [-0.15, -0.1) is 0 Å². The van der Waals surface area contributed by atoms with Crippen molar-refractivity contribution in [3.8, 4) is 0 Å². The van der Waals surface area contributed by atoms with E-state index in [4.69, 9.17) is 0 Å². The number of carboxylic acid groups (broad SMARTS) is 2. The summed E-state index contributed by atoms with van der Waals surface area (Å²) in [4.78, 5) is 25.3. The summed E-state index contributed by atoms with van der Waals surface area (Å²) < 4.78 is 0. The molecule has 0 spiro atoms. The number of carboxylic acids is 2. The van der Waals surface area contributed by atoms with Gasteiger partial charge in [-0.1, -0.05) is 113 Å². The van der Waals surface area contributed by atoms with Crippen molar-refractivity contribution in [3.05, 3.63) is 83.6 Å². The topological polar surface area (TPSA) is 98.7 Å². The summed E-state index contributed by atoms with van der Waals surface area (Å²) in [6, 6.07) is 16.2. The molecule has 3 rings (SSSR count). The van der Waals surface area contributed by atoms with Gasteiger partial charge in [0.25, 0.3) is 0 Å². The molecule has 0 saturated heterocycles. The molecule has 210 valence electrons. The zero-order valence-electron chi connectivity index (χ0n) is 23.4. The van der Waals surface area contributed by atoms with Gasteiger partial charge in [-0.3, -0.25) is 4.79 Å². The molecule has 2 unspecified atom stereocenters. The first-order valence-electron chi connectivity index (χ1n) is 14.4. The Morgan fingerprint density at radius 1 is 0.795 bits per heavy atom. The molecular weight excluding hydrogens is 488 g/mol. The predicted molar refractivity (Wildman–Crippen MR) is 159 cm³/mol. The summed E-state index contributed by atoms with van der Waals surface area (Å²) >= 11 is 0. The number of anilines is 2. The Labute approximate surface area is 233 Å². The van der Waals surface area contributed by atoms with E-state index in [2.05, 4.69) is 17.6 Å². The fourth-order valence-electron chi connectivity index (χ4n) is 5.29. The molecule has 1 aliphatic carbocycles. The number of para-hydroxylation sites is 1. The van der Waals surface area contributed by atoms with Gasteiger partial charge < -0.3 is 20.8 Å². The van der Waals surface area contributed by atoms with Crippen LogP contribution < -0.4 is 10.6 Å². The standard InChI is InChI=1S/C33H44N2O4/c1-3-4-5-6-7-8-9-10-11-15-23-33(32(38)39)24-22-28(31(36)37)29(34-26-16-13-12-14-17-26)30(33)35-27-20-18-25(2)19-21-27/h12-14,16-22,24,30,34-35H,3-11,15,23H2,1-2H3,(H,36,37)(H,38,39). The van der Waals surface area contributed by atoms with Crippen molar-refractivity contribution in [1.82, 2.24) is 0 Å². The first kappa shape index (κ1) is 30.0. The molecule has 0 aliphatic heterocycles. The zero-order chi connectivity index (χ0) is 28.1. The Balaban J connectivity index is 1.82. The molecule has 0 aromatic heterocycles. The van der Waals surface area contributed by atoms with Gasteiger partial charge in [0.2, 0.25) is 0 Å². The minimum atomic E-state index is -1.30. The van der Waals surface area contributed by atoms with Crippen LogP contribution in [0.1, 0.15) is 83.1 Å². The van der Waals surface area contributed by atoms with E-state index in [1.165, 1.54) is 44.6 Å². The molecule has 2 atom stereocenters. The lowest BCUT2D eigenvalue weighted by Gasteiger charge is -2.40. The van der Waals surface area contributed by atoms with Crippen LogP contribution in [0.3, 0.4) is 0 Å². The van der Waals surface area contributed by atoms with Crippen molar-refractivity contribution in [2.24, 2.45) is 5.41 Å². The maximum absolute atomic E-state index is 13.0. The lowest BCUT2D eigenvalue weighted by Crippen LogP contribution is -2.50. The van der Waals surface area contributed by atoms with E-state index in [-0.39, 0.29) is 5.57 Å². The largest absolute Gasteiger partial charge is 0.481 e. The van der Waals surface area contributed by atoms with E-state index in [0.717, 1.165) is 36.9 Å². The Bertz CT molecular complexity index is 1120. The smallest absolute Gasteiger partial charge is 0.337 e. The van der Waals surface area contributed by atoms with E-state index < -0.39 is 23.4 Å². The third kappa shape index (κ3) is 8.47. The van der Waals surface area contributed by atoms with Crippen molar-refractivity contribution in [2.75, 3.05) is 10.6 Å². The van der Waals surface area contributed by atoms with Crippen molar-refractivity contribution in [3.63, 3.8) is 0 Å². The van der Waals surface area contributed by atoms with Gasteiger partial charge in [-0.25, -0.2) is 4.79 Å². The molecule has 0 heterocycles. The van der Waals surface area contributed by atoms with Crippen LogP contribution in [0.2, 0.25) is 0 Å². The predicted octanol–water partition coefficient (Wildman–Crippen LogP) is 8.18. The number of carbonyl (C=O) groups is 2. The quantitative estimate of drug-likeness (QED) is 0.153. The monoisotopic (exact) mass is 532 g/mol. The Kier molecular flexibility index (Phi) is 11.7. The fraction of sp³-hybridized carbons (Fsp3) is 0.455. The third-order valence-electron chi connectivity index (χ3n) is 7.63. The van der Waals surface area contributed by atoms with E-state index >= 15 is 0 Å². The molecule has 39 heavy (non-hydrogen) atoms. The molecule has 4 N–H and O–H groups in total. The van der Waals surface area contributed by atoms with E-state index in [9.17, 15) is 19.8 Å². The average Bonchev–Trinajstić information content (AvgIpc) is 2.92. The second kappa shape index (κ2) is 15.2. The normalized spacial score (nSPS) is 18.7. The van der Waals surface area contributed by atoms with Gasteiger partial charge in [0.05, 0.1) is 17.3 Å². The zero-order valence-corrected chi connectivity index (χ0v) is 23.4. The van der Waals surface area contributed by atoms with Crippen molar-refractivity contribution in [1.29, 1.82) is 0 Å². The summed E-state index contributed by atoms with van der Waals surface area (Å²) in [6.45, 7) is 4.22. The number of aliphatic carboxylic acids is 2. The van der Waals surface area contributed by atoms with Crippen molar-refractivity contribution in [2.45, 2.75) is 90.5 Å². The van der Waals surface area contributed by atoms with Crippen LogP contribution in [0.15, 0.2) is 78.0 Å².